The maximum absolute atomic E-state index is 9.55. The molecule has 0 saturated heterocycles. The molecule has 3 rings (SSSR count). The Labute approximate surface area is 129 Å². The molecule has 0 atom stereocenters. The summed E-state index contributed by atoms with van der Waals surface area (Å²) in [7, 11) is 1.85. The Balaban J connectivity index is 2.41. The topological polar surface area (TPSA) is 41.6 Å². The van der Waals surface area contributed by atoms with Gasteiger partial charge in [0, 0.05) is 23.0 Å². The standard InChI is InChI=1S/C15H9BrClN3/c1-20-15(14(16)8-19-20)11-5-3-9-2-4-10(17)6-12(9)13(11)7-18/h2-6,8H,1H3. The van der Waals surface area contributed by atoms with Crippen LogP contribution in [0.1, 0.15) is 5.56 Å². The molecule has 0 aliphatic heterocycles. The second-order valence-corrected chi connectivity index (χ2v) is 5.72. The Morgan fingerprint density at radius 3 is 2.70 bits per heavy atom. The minimum Gasteiger partial charge on any atom is -0.267 e. The molecule has 0 unspecified atom stereocenters. The summed E-state index contributed by atoms with van der Waals surface area (Å²) in [6, 6.07) is 11.8. The van der Waals surface area contributed by atoms with Gasteiger partial charge in [0.15, 0.2) is 0 Å². The molecular weight excluding hydrogens is 338 g/mol. The second-order valence-electron chi connectivity index (χ2n) is 4.43. The van der Waals surface area contributed by atoms with Gasteiger partial charge in [-0.15, -0.1) is 0 Å². The molecule has 0 aliphatic rings. The number of halogens is 2. The van der Waals surface area contributed by atoms with E-state index < -0.39 is 0 Å². The van der Waals surface area contributed by atoms with Crippen LogP contribution in [-0.4, -0.2) is 9.78 Å². The van der Waals surface area contributed by atoms with Crippen molar-refractivity contribution in [2.75, 3.05) is 0 Å². The fourth-order valence-corrected chi connectivity index (χ4v) is 3.06. The molecule has 0 aliphatic carbocycles. The average molecular weight is 347 g/mol. The molecule has 3 aromatic rings. The largest absolute Gasteiger partial charge is 0.267 e. The van der Waals surface area contributed by atoms with E-state index in [-0.39, 0.29) is 0 Å². The third-order valence-corrected chi connectivity index (χ3v) is 4.06. The van der Waals surface area contributed by atoms with Crippen LogP contribution < -0.4 is 0 Å². The summed E-state index contributed by atoms with van der Waals surface area (Å²) < 4.78 is 2.61. The van der Waals surface area contributed by atoms with Crippen molar-refractivity contribution < 1.29 is 0 Å². The molecular formula is C15H9BrClN3. The van der Waals surface area contributed by atoms with Crippen molar-refractivity contribution in [3.05, 3.63) is 51.6 Å². The molecule has 0 bridgehead atoms. The maximum Gasteiger partial charge on any atom is 0.100 e. The van der Waals surface area contributed by atoms with Crippen molar-refractivity contribution in [2.45, 2.75) is 0 Å². The SMILES string of the molecule is Cn1ncc(Br)c1-c1ccc2ccc(Cl)cc2c1C#N. The van der Waals surface area contributed by atoms with Gasteiger partial charge in [0.2, 0.25) is 0 Å². The third-order valence-electron chi connectivity index (χ3n) is 3.24. The smallest absolute Gasteiger partial charge is 0.100 e. The molecule has 5 heteroatoms. The maximum atomic E-state index is 9.55. The summed E-state index contributed by atoms with van der Waals surface area (Å²) in [6.45, 7) is 0. The number of rotatable bonds is 1. The Hall–Kier alpha value is -1.83. The molecule has 98 valence electrons. The molecule has 0 radical (unpaired) electrons. The summed E-state index contributed by atoms with van der Waals surface area (Å²) >= 11 is 9.53. The van der Waals surface area contributed by atoms with Gasteiger partial charge in [-0.05, 0) is 33.4 Å². The van der Waals surface area contributed by atoms with Gasteiger partial charge in [-0.2, -0.15) is 10.4 Å². The van der Waals surface area contributed by atoms with Crippen molar-refractivity contribution in [3.63, 3.8) is 0 Å². The summed E-state index contributed by atoms with van der Waals surface area (Å²) in [4.78, 5) is 0. The van der Waals surface area contributed by atoms with E-state index >= 15 is 0 Å². The fraction of sp³-hybridized carbons (Fsp3) is 0.0667. The molecule has 0 amide bonds. The Morgan fingerprint density at radius 1 is 1.30 bits per heavy atom. The van der Waals surface area contributed by atoms with Crippen LogP contribution in [0.5, 0.6) is 0 Å². The highest BCUT2D eigenvalue weighted by Gasteiger charge is 2.15. The lowest BCUT2D eigenvalue weighted by Gasteiger charge is -2.09. The Morgan fingerprint density at radius 2 is 2.05 bits per heavy atom. The molecule has 20 heavy (non-hydrogen) atoms. The first-order valence-corrected chi connectivity index (χ1v) is 7.09. The van der Waals surface area contributed by atoms with Crippen LogP contribution in [0.15, 0.2) is 41.0 Å². The molecule has 3 nitrogen and oxygen atoms in total. The quantitative estimate of drug-likeness (QED) is 0.649. The van der Waals surface area contributed by atoms with Gasteiger partial charge in [-0.25, -0.2) is 0 Å². The van der Waals surface area contributed by atoms with Gasteiger partial charge >= 0.3 is 0 Å². The van der Waals surface area contributed by atoms with Crippen LogP contribution in [0, 0.1) is 11.3 Å². The number of aromatic nitrogens is 2. The van der Waals surface area contributed by atoms with Crippen LogP contribution in [0.25, 0.3) is 22.0 Å². The lowest BCUT2D eigenvalue weighted by atomic mass is 9.98. The van der Waals surface area contributed by atoms with E-state index in [0.717, 1.165) is 26.5 Å². The number of fused-ring (bicyclic) bond motifs is 1. The highest BCUT2D eigenvalue weighted by atomic mass is 79.9. The van der Waals surface area contributed by atoms with Gasteiger partial charge < -0.3 is 0 Å². The molecule has 0 N–H and O–H groups in total. The second kappa shape index (κ2) is 4.93. The number of nitriles is 1. The molecule has 1 heterocycles. The number of nitrogens with zero attached hydrogens (tertiary/aromatic N) is 3. The number of benzene rings is 2. The minimum atomic E-state index is 0.606. The number of hydrogen-bond donors (Lipinski definition) is 0. The highest BCUT2D eigenvalue weighted by molar-refractivity contribution is 9.10. The summed E-state index contributed by atoms with van der Waals surface area (Å²) in [5.41, 5.74) is 2.33. The summed E-state index contributed by atoms with van der Waals surface area (Å²) in [6.07, 6.45) is 1.72. The van der Waals surface area contributed by atoms with E-state index in [1.807, 2.05) is 37.4 Å². The van der Waals surface area contributed by atoms with Crippen LogP contribution in [0.2, 0.25) is 5.02 Å². The normalized spacial score (nSPS) is 10.7. The monoisotopic (exact) mass is 345 g/mol. The lowest BCUT2D eigenvalue weighted by molar-refractivity contribution is 0.775. The van der Waals surface area contributed by atoms with Crippen molar-refractivity contribution in [1.82, 2.24) is 9.78 Å². The van der Waals surface area contributed by atoms with Gasteiger partial charge in [-0.1, -0.05) is 29.8 Å². The molecule has 0 spiro atoms. The fourth-order valence-electron chi connectivity index (χ4n) is 2.32. The molecule has 0 fully saturated rings. The van der Waals surface area contributed by atoms with Crippen LogP contribution in [-0.2, 0) is 7.05 Å². The first-order valence-electron chi connectivity index (χ1n) is 5.92. The zero-order valence-corrected chi connectivity index (χ0v) is 12.9. The van der Waals surface area contributed by atoms with Crippen molar-refractivity contribution in [3.8, 4) is 17.3 Å². The predicted octanol–water partition coefficient (Wildman–Crippen LogP) is 4.53. The first kappa shape index (κ1) is 13.2. The van der Waals surface area contributed by atoms with E-state index in [1.165, 1.54) is 0 Å². The van der Waals surface area contributed by atoms with Gasteiger partial charge in [0.05, 0.1) is 21.9 Å². The predicted molar refractivity (Wildman–Crippen MR) is 83.6 cm³/mol. The van der Waals surface area contributed by atoms with Gasteiger partial charge in [-0.3, -0.25) is 4.68 Å². The third kappa shape index (κ3) is 2.00. The van der Waals surface area contributed by atoms with E-state index in [1.54, 1.807) is 10.9 Å². The van der Waals surface area contributed by atoms with Gasteiger partial charge in [0.1, 0.15) is 6.07 Å². The zero-order valence-electron chi connectivity index (χ0n) is 10.6. The molecule has 2 aromatic carbocycles. The highest BCUT2D eigenvalue weighted by Crippen LogP contribution is 2.34. The lowest BCUT2D eigenvalue weighted by Crippen LogP contribution is -1.96. The Kier molecular flexibility index (Phi) is 3.25. The van der Waals surface area contributed by atoms with E-state index in [0.29, 0.717) is 10.6 Å². The van der Waals surface area contributed by atoms with E-state index in [9.17, 15) is 5.26 Å². The summed E-state index contributed by atoms with van der Waals surface area (Å²) in [5.74, 6) is 0. The van der Waals surface area contributed by atoms with Crippen molar-refractivity contribution in [1.29, 1.82) is 5.26 Å². The van der Waals surface area contributed by atoms with Crippen molar-refractivity contribution in [2.24, 2.45) is 7.05 Å². The van der Waals surface area contributed by atoms with Crippen LogP contribution in [0.3, 0.4) is 0 Å². The van der Waals surface area contributed by atoms with Crippen LogP contribution in [0.4, 0.5) is 0 Å². The van der Waals surface area contributed by atoms with Gasteiger partial charge in [0.25, 0.3) is 0 Å². The van der Waals surface area contributed by atoms with Crippen LogP contribution >= 0.6 is 27.5 Å². The van der Waals surface area contributed by atoms with Crippen molar-refractivity contribution >= 4 is 38.3 Å². The van der Waals surface area contributed by atoms with E-state index in [2.05, 4.69) is 27.1 Å². The summed E-state index contributed by atoms with van der Waals surface area (Å²) in [5, 5.41) is 16.2. The first-order chi connectivity index (χ1) is 9.61. The molecule has 1 aromatic heterocycles. The molecule has 0 saturated carbocycles. The Bertz CT molecular complexity index is 842. The average Bonchev–Trinajstić information content (AvgIpc) is 2.77. The zero-order chi connectivity index (χ0) is 14.3. The minimum absolute atomic E-state index is 0.606. The number of aryl methyl sites for hydroxylation is 1. The number of hydrogen-bond acceptors (Lipinski definition) is 2. The van der Waals surface area contributed by atoms with E-state index in [4.69, 9.17) is 11.6 Å².